The summed E-state index contributed by atoms with van der Waals surface area (Å²) in [7, 11) is 0. The zero-order chi connectivity index (χ0) is 11.7. The van der Waals surface area contributed by atoms with Crippen molar-refractivity contribution >= 4 is 5.57 Å². The molecule has 0 amide bonds. The molecule has 0 fully saturated rings. The van der Waals surface area contributed by atoms with Crippen LogP contribution in [0.3, 0.4) is 0 Å². The Hall–Kier alpha value is -1.30. The van der Waals surface area contributed by atoms with E-state index in [2.05, 4.69) is 37.8 Å². The van der Waals surface area contributed by atoms with Gasteiger partial charge in [-0.2, -0.15) is 0 Å². The van der Waals surface area contributed by atoms with Gasteiger partial charge in [0, 0.05) is 0 Å². The first-order valence-corrected chi connectivity index (χ1v) is 5.68. The van der Waals surface area contributed by atoms with Gasteiger partial charge in [0.15, 0.2) is 0 Å². The van der Waals surface area contributed by atoms with Crippen molar-refractivity contribution in [1.29, 1.82) is 0 Å². The summed E-state index contributed by atoms with van der Waals surface area (Å²) in [6.45, 7) is 12.2. The highest BCUT2D eigenvalue weighted by atomic mass is 14.0. The molecule has 0 heteroatoms. The van der Waals surface area contributed by atoms with E-state index in [0.29, 0.717) is 0 Å². The van der Waals surface area contributed by atoms with E-state index in [1.54, 1.807) is 0 Å². The molecule has 0 atom stereocenters. The molecule has 0 aliphatic rings. The van der Waals surface area contributed by atoms with Gasteiger partial charge in [-0.25, -0.2) is 0 Å². The van der Waals surface area contributed by atoms with E-state index in [-0.39, 0.29) is 0 Å². The summed E-state index contributed by atoms with van der Waals surface area (Å²) in [6, 6.07) is 8.57. The quantitative estimate of drug-likeness (QED) is 0.614. The largest absolute Gasteiger partial charge is 0.0912 e. The molecule has 1 rings (SSSR count). The maximum atomic E-state index is 3.98. The molecule has 0 saturated heterocycles. The van der Waals surface area contributed by atoms with Crippen LogP contribution in [0.5, 0.6) is 0 Å². The van der Waals surface area contributed by atoms with Crippen LogP contribution in [0.1, 0.15) is 38.8 Å². The summed E-state index contributed by atoms with van der Waals surface area (Å²) in [4.78, 5) is 0. The van der Waals surface area contributed by atoms with E-state index in [9.17, 15) is 0 Å². The van der Waals surface area contributed by atoms with Crippen LogP contribution in [0, 0.1) is 0 Å². The molecule has 0 saturated carbocycles. The Balaban J connectivity index is 0.000000921. The van der Waals surface area contributed by atoms with Crippen LogP contribution in [0.4, 0.5) is 0 Å². The zero-order valence-corrected chi connectivity index (χ0v) is 10.4. The normalized spacial score (nSPS) is 9.60. The first-order valence-electron chi connectivity index (χ1n) is 5.68. The standard InChI is InChI=1S/C13H16.C2H6/c1-4-6-11(3)13-9-7-12(5-2)8-10-13;1-2/h4,6-10H,3,5H2,1-2H3;1-2H3/b6-4-;. The van der Waals surface area contributed by atoms with Gasteiger partial charge in [-0.15, -0.1) is 0 Å². The average Bonchev–Trinajstić information content (AvgIpc) is 2.32. The van der Waals surface area contributed by atoms with Gasteiger partial charge in [-0.3, -0.25) is 0 Å². The van der Waals surface area contributed by atoms with Crippen LogP contribution in [-0.4, -0.2) is 0 Å². The van der Waals surface area contributed by atoms with Crippen molar-refractivity contribution < 1.29 is 0 Å². The van der Waals surface area contributed by atoms with E-state index in [4.69, 9.17) is 0 Å². The van der Waals surface area contributed by atoms with E-state index < -0.39 is 0 Å². The van der Waals surface area contributed by atoms with Gasteiger partial charge >= 0.3 is 0 Å². The number of hydrogen-bond donors (Lipinski definition) is 0. The smallest absolute Gasteiger partial charge is 0.0190 e. The molecule has 0 spiro atoms. The SMILES string of the molecule is C=C(/C=C\C)c1ccc(CC)cc1.CC. The molecule has 15 heavy (non-hydrogen) atoms. The lowest BCUT2D eigenvalue weighted by Gasteiger charge is -2.01. The summed E-state index contributed by atoms with van der Waals surface area (Å²) in [5, 5.41) is 0. The number of rotatable bonds is 3. The highest BCUT2D eigenvalue weighted by molar-refractivity contribution is 5.71. The molecule has 1 aromatic carbocycles. The molecule has 0 bridgehead atoms. The second-order valence-electron chi connectivity index (χ2n) is 3.08. The molecule has 82 valence electrons. The Kier molecular flexibility index (Phi) is 7.35. The van der Waals surface area contributed by atoms with Crippen molar-refractivity contribution in [1.82, 2.24) is 0 Å². The predicted molar refractivity (Wildman–Crippen MR) is 71.0 cm³/mol. The van der Waals surface area contributed by atoms with Crippen LogP contribution in [0.2, 0.25) is 0 Å². The van der Waals surface area contributed by atoms with Crippen LogP contribution in [-0.2, 0) is 6.42 Å². The van der Waals surface area contributed by atoms with Crippen molar-refractivity contribution in [3.63, 3.8) is 0 Å². The number of benzene rings is 1. The van der Waals surface area contributed by atoms with E-state index in [1.165, 1.54) is 11.1 Å². The third kappa shape index (κ3) is 4.64. The first kappa shape index (κ1) is 13.7. The Morgan fingerprint density at radius 1 is 1.20 bits per heavy atom. The van der Waals surface area contributed by atoms with Crippen molar-refractivity contribution in [3.05, 3.63) is 54.1 Å². The predicted octanol–water partition coefficient (Wildman–Crippen LogP) is 4.86. The summed E-state index contributed by atoms with van der Waals surface area (Å²) in [5.41, 5.74) is 3.65. The summed E-state index contributed by atoms with van der Waals surface area (Å²) in [6.07, 6.45) is 5.13. The van der Waals surface area contributed by atoms with Gasteiger partial charge in [0.1, 0.15) is 0 Å². The maximum Gasteiger partial charge on any atom is -0.0190 e. The van der Waals surface area contributed by atoms with Crippen LogP contribution < -0.4 is 0 Å². The fourth-order valence-corrected chi connectivity index (χ4v) is 1.25. The van der Waals surface area contributed by atoms with Gasteiger partial charge in [-0.1, -0.05) is 63.8 Å². The topological polar surface area (TPSA) is 0 Å². The molecule has 0 aromatic heterocycles. The minimum atomic E-state index is 1.07. The molecule has 0 nitrogen and oxygen atoms in total. The average molecular weight is 202 g/mol. The summed E-state index contributed by atoms with van der Waals surface area (Å²) >= 11 is 0. The molecule has 0 unspecified atom stereocenters. The lowest BCUT2D eigenvalue weighted by molar-refractivity contribution is 1.14. The maximum absolute atomic E-state index is 3.98. The molecular formula is C15H22. The third-order valence-electron chi connectivity index (χ3n) is 2.10. The highest BCUT2D eigenvalue weighted by Crippen LogP contribution is 2.14. The molecule has 1 aromatic rings. The van der Waals surface area contributed by atoms with Gasteiger partial charge in [0.05, 0.1) is 0 Å². The van der Waals surface area contributed by atoms with Crippen LogP contribution in [0.15, 0.2) is 43.0 Å². The zero-order valence-electron chi connectivity index (χ0n) is 10.4. The van der Waals surface area contributed by atoms with Crippen molar-refractivity contribution in [2.24, 2.45) is 0 Å². The van der Waals surface area contributed by atoms with E-state index >= 15 is 0 Å². The minimum Gasteiger partial charge on any atom is -0.0912 e. The van der Waals surface area contributed by atoms with Crippen molar-refractivity contribution in [2.45, 2.75) is 34.1 Å². The fraction of sp³-hybridized carbons (Fsp3) is 0.333. The fourth-order valence-electron chi connectivity index (χ4n) is 1.25. The first-order chi connectivity index (χ1) is 7.27. The molecule has 0 radical (unpaired) electrons. The molecular weight excluding hydrogens is 180 g/mol. The number of aryl methyl sites for hydroxylation is 1. The van der Waals surface area contributed by atoms with Gasteiger partial charge in [-0.05, 0) is 30.0 Å². The lowest BCUT2D eigenvalue weighted by Crippen LogP contribution is -1.82. The Labute approximate surface area is 94.3 Å². The van der Waals surface area contributed by atoms with Gasteiger partial charge in [0.2, 0.25) is 0 Å². The Morgan fingerprint density at radius 3 is 2.13 bits per heavy atom. The van der Waals surface area contributed by atoms with Crippen molar-refractivity contribution in [2.75, 3.05) is 0 Å². The molecule has 0 aliphatic heterocycles. The van der Waals surface area contributed by atoms with E-state index in [1.807, 2.05) is 32.9 Å². The monoisotopic (exact) mass is 202 g/mol. The third-order valence-corrected chi connectivity index (χ3v) is 2.10. The Bertz CT molecular complexity index is 301. The van der Waals surface area contributed by atoms with Gasteiger partial charge in [0.25, 0.3) is 0 Å². The minimum absolute atomic E-state index is 1.07. The lowest BCUT2D eigenvalue weighted by atomic mass is 10.0. The Morgan fingerprint density at radius 2 is 1.73 bits per heavy atom. The van der Waals surface area contributed by atoms with Crippen LogP contribution in [0.25, 0.3) is 5.57 Å². The number of hydrogen-bond acceptors (Lipinski definition) is 0. The molecule has 0 N–H and O–H groups in total. The second kappa shape index (κ2) is 8.05. The van der Waals surface area contributed by atoms with Gasteiger partial charge < -0.3 is 0 Å². The van der Waals surface area contributed by atoms with Crippen LogP contribution >= 0.6 is 0 Å². The highest BCUT2D eigenvalue weighted by Gasteiger charge is 1.94. The second-order valence-corrected chi connectivity index (χ2v) is 3.08. The molecule has 0 aliphatic carbocycles. The summed E-state index contributed by atoms with van der Waals surface area (Å²) in [5.74, 6) is 0. The summed E-state index contributed by atoms with van der Waals surface area (Å²) < 4.78 is 0. The van der Waals surface area contributed by atoms with Crippen molar-refractivity contribution in [3.8, 4) is 0 Å². The molecule has 0 heterocycles. The van der Waals surface area contributed by atoms with E-state index in [0.717, 1.165) is 12.0 Å². The number of allylic oxidation sites excluding steroid dienone is 3.